The average molecular weight is 130 g/mol. The molecule has 0 aliphatic heterocycles. The van der Waals surface area contributed by atoms with E-state index >= 15 is 0 Å². The van der Waals surface area contributed by atoms with Gasteiger partial charge in [-0.25, -0.2) is 0 Å². The summed E-state index contributed by atoms with van der Waals surface area (Å²) >= 11 is 0. The van der Waals surface area contributed by atoms with E-state index in [1.54, 1.807) is 0 Å². The predicted molar refractivity (Wildman–Crippen MR) is 41.1 cm³/mol. The molecule has 9 heavy (non-hydrogen) atoms. The van der Waals surface area contributed by atoms with Gasteiger partial charge in [0.15, 0.2) is 0 Å². The lowest BCUT2D eigenvalue weighted by Gasteiger charge is -2.09. The van der Waals surface area contributed by atoms with Crippen molar-refractivity contribution < 1.29 is 0 Å². The molecule has 0 rings (SSSR count). The summed E-state index contributed by atoms with van der Waals surface area (Å²) in [6, 6.07) is 0.665. The summed E-state index contributed by atoms with van der Waals surface area (Å²) in [6.07, 6.45) is 3.18. The molecule has 0 aromatic rings. The zero-order chi connectivity index (χ0) is 7.28. The zero-order valence-corrected chi connectivity index (χ0v) is 6.43. The zero-order valence-electron chi connectivity index (χ0n) is 6.43. The van der Waals surface area contributed by atoms with Crippen LogP contribution in [-0.4, -0.2) is 12.1 Å². The first-order valence-electron chi connectivity index (χ1n) is 3.68. The largest absolute Gasteiger partial charge is 0.328 e. The van der Waals surface area contributed by atoms with Crippen LogP contribution in [0.4, 0.5) is 0 Å². The van der Waals surface area contributed by atoms with Crippen LogP contribution < -0.4 is 11.5 Å². The lowest BCUT2D eigenvalue weighted by Crippen LogP contribution is -2.23. The normalized spacial score (nSPS) is 17.3. The fourth-order valence-electron chi connectivity index (χ4n) is 0.681. The third-order valence-corrected chi connectivity index (χ3v) is 1.52. The van der Waals surface area contributed by atoms with Gasteiger partial charge in [-0.1, -0.05) is 6.92 Å². The first-order chi connectivity index (χ1) is 4.16. The average Bonchev–Trinajstić information content (AvgIpc) is 1.83. The van der Waals surface area contributed by atoms with Gasteiger partial charge in [0.1, 0.15) is 0 Å². The molecule has 0 heterocycles. The Kier molecular flexibility index (Phi) is 4.72. The Morgan fingerprint density at radius 1 is 1.22 bits per heavy atom. The molecule has 4 N–H and O–H groups in total. The highest BCUT2D eigenvalue weighted by Gasteiger charge is 1.99. The molecule has 0 fully saturated rings. The van der Waals surface area contributed by atoms with Crippen molar-refractivity contribution in [3.8, 4) is 0 Å². The molecule has 1 unspecified atom stereocenters. The SMILES string of the molecule is CC[C@H](N)CCC(C)N. The van der Waals surface area contributed by atoms with E-state index in [1.807, 2.05) is 6.92 Å². The van der Waals surface area contributed by atoms with Crippen LogP contribution in [0.15, 0.2) is 0 Å². The molecule has 2 nitrogen and oxygen atoms in total. The van der Waals surface area contributed by atoms with E-state index in [9.17, 15) is 0 Å². The van der Waals surface area contributed by atoms with Crippen LogP contribution in [0.5, 0.6) is 0 Å². The summed E-state index contributed by atoms with van der Waals surface area (Å²) in [5, 5.41) is 0. The minimum Gasteiger partial charge on any atom is -0.328 e. The van der Waals surface area contributed by atoms with E-state index in [0.29, 0.717) is 12.1 Å². The summed E-state index contributed by atoms with van der Waals surface area (Å²) < 4.78 is 0. The Morgan fingerprint density at radius 3 is 2.11 bits per heavy atom. The van der Waals surface area contributed by atoms with Crippen molar-refractivity contribution in [1.82, 2.24) is 0 Å². The quantitative estimate of drug-likeness (QED) is 0.592. The maximum Gasteiger partial charge on any atom is 0.00367 e. The molecule has 56 valence electrons. The van der Waals surface area contributed by atoms with Gasteiger partial charge < -0.3 is 11.5 Å². The maximum absolute atomic E-state index is 5.67. The maximum atomic E-state index is 5.67. The molecule has 0 aromatic heterocycles. The Morgan fingerprint density at radius 2 is 1.78 bits per heavy atom. The van der Waals surface area contributed by atoms with Crippen molar-refractivity contribution in [1.29, 1.82) is 0 Å². The standard InChI is InChI=1S/C7H18N2/c1-3-7(9)5-4-6(2)8/h6-7H,3-5,8-9H2,1-2H3/t6?,7-/m0/s1. The Balaban J connectivity index is 3.06. The summed E-state index contributed by atoms with van der Waals surface area (Å²) in [7, 11) is 0. The van der Waals surface area contributed by atoms with Gasteiger partial charge in [0.05, 0.1) is 0 Å². The Labute approximate surface area is 57.6 Å². The molecule has 0 amide bonds. The third kappa shape index (κ3) is 5.80. The second-order valence-electron chi connectivity index (χ2n) is 2.72. The van der Waals surface area contributed by atoms with Crippen molar-refractivity contribution in [3.63, 3.8) is 0 Å². The fraction of sp³-hybridized carbons (Fsp3) is 1.00. The first kappa shape index (κ1) is 8.92. The highest BCUT2D eigenvalue weighted by molar-refractivity contribution is 4.62. The molecule has 0 aliphatic rings. The minimum absolute atomic E-state index is 0.308. The minimum atomic E-state index is 0.308. The van der Waals surface area contributed by atoms with Crippen molar-refractivity contribution in [2.45, 2.75) is 45.2 Å². The number of hydrogen-bond acceptors (Lipinski definition) is 2. The van der Waals surface area contributed by atoms with E-state index in [-0.39, 0.29) is 0 Å². The van der Waals surface area contributed by atoms with Gasteiger partial charge in [-0.05, 0) is 26.2 Å². The van der Waals surface area contributed by atoms with Gasteiger partial charge in [-0.15, -0.1) is 0 Å². The third-order valence-electron chi connectivity index (χ3n) is 1.52. The number of rotatable bonds is 4. The van der Waals surface area contributed by atoms with Gasteiger partial charge >= 0.3 is 0 Å². The molecule has 0 aliphatic carbocycles. The Bertz CT molecular complexity index is 61.9. The molecule has 0 spiro atoms. The smallest absolute Gasteiger partial charge is 0.00367 e. The monoisotopic (exact) mass is 130 g/mol. The predicted octanol–water partition coefficient (Wildman–Crippen LogP) is 0.851. The molecule has 0 radical (unpaired) electrons. The number of nitrogens with two attached hydrogens (primary N) is 2. The summed E-state index contributed by atoms with van der Waals surface area (Å²) in [5.41, 5.74) is 11.2. The van der Waals surface area contributed by atoms with Crippen LogP contribution in [0, 0.1) is 0 Å². The summed E-state index contributed by atoms with van der Waals surface area (Å²) in [6.45, 7) is 4.12. The van der Waals surface area contributed by atoms with Crippen LogP contribution in [0.2, 0.25) is 0 Å². The van der Waals surface area contributed by atoms with Gasteiger partial charge in [0.2, 0.25) is 0 Å². The van der Waals surface area contributed by atoms with Crippen molar-refractivity contribution in [2.24, 2.45) is 11.5 Å². The van der Waals surface area contributed by atoms with E-state index in [2.05, 4.69) is 6.92 Å². The summed E-state index contributed by atoms with van der Waals surface area (Å²) in [4.78, 5) is 0. The second-order valence-corrected chi connectivity index (χ2v) is 2.72. The van der Waals surface area contributed by atoms with Crippen LogP contribution in [0.25, 0.3) is 0 Å². The molecule has 2 heteroatoms. The lowest BCUT2D eigenvalue weighted by atomic mass is 10.1. The van der Waals surface area contributed by atoms with Gasteiger partial charge in [0, 0.05) is 12.1 Å². The molecule has 0 saturated heterocycles. The highest BCUT2D eigenvalue weighted by atomic mass is 14.6. The van der Waals surface area contributed by atoms with Crippen LogP contribution in [0.1, 0.15) is 33.1 Å². The molecule has 0 saturated carbocycles. The van der Waals surface area contributed by atoms with E-state index in [0.717, 1.165) is 19.3 Å². The van der Waals surface area contributed by atoms with E-state index < -0.39 is 0 Å². The highest BCUT2D eigenvalue weighted by Crippen LogP contribution is 1.99. The fourth-order valence-corrected chi connectivity index (χ4v) is 0.681. The van der Waals surface area contributed by atoms with Crippen LogP contribution in [-0.2, 0) is 0 Å². The van der Waals surface area contributed by atoms with E-state index in [1.165, 1.54) is 0 Å². The van der Waals surface area contributed by atoms with Crippen LogP contribution >= 0.6 is 0 Å². The molecule has 2 atom stereocenters. The number of hydrogen-bond donors (Lipinski definition) is 2. The van der Waals surface area contributed by atoms with E-state index in [4.69, 9.17) is 11.5 Å². The molecule has 0 aromatic carbocycles. The van der Waals surface area contributed by atoms with Gasteiger partial charge in [0.25, 0.3) is 0 Å². The van der Waals surface area contributed by atoms with Gasteiger partial charge in [-0.3, -0.25) is 0 Å². The topological polar surface area (TPSA) is 52.0 Å². The van der Waals surface area contributed by atoms with Gasteiger partial charge in [-0.2, -0.15) is 0 Å². The van der Waals surface area contributed by atoms with Crippen LogP contribution in [0.3, 0.4) is 0 Å². The molecule has 0 bridgehead atoms. The van der Waals surface area contributed by atoms with Crippen molar-refractivity contribution in [3.05, 3.63) is 0 Å². The molecular formula is C7H18N2. The lowest BCUT2D eigenvalue weighted by molar-refractivity contribution is 0.528. The van der Waals surface area contributed by atoms with Crippen molar-refractivity contribution in [2.75, 3.05) is 0 Å². The molecular weight excluding hydrogens is 112 g/mol. The Hall–Kier alpha value is -0.0800. The summed E-state index contributed by atoms with van der Waals surface area (Å²) in [5.74, 6) is 0. The van der Waals surface area contributed by atoms with Crippen molar-refractivity contribution >= 4 is 0 Å². The first-order valence-corrected chi connectivity index (χ1v) is 3.68. The second kappa shape index (κ2) is 4.77.